The van der Waals surface area contributed by atoms with Gasteiger partial charge in [-0.15, -0.1) is 0 Å². The first-order chi connectivity index (χ1) is 23.5. The third-order valence-electron chi connectivity index (χ3n) is 8.71. The van der Waals surface area contributed by atoms with Crippen molar-refractivity contribution in [2.24, 2.45) is 0 Å². The summed E-state index contributed by atoms with van der Waals surface area (Å²) < 4.78 is 13.6. The van der Waals surface area contributed by atoms with Gasteiger partial charge in [-0.2, -0.15) is 0 Å². The van der Waals surface area contributed by atoms with Crippen molar-refractivity contribution in [3.8, 4) is 11.3 Å². The second kappa shape index (κ2) is 15.9. The number of aromatic nitrogens is 1. The van der Waals surface area contributed by atoms with Crippen LogP contribution in [0.2, 0.25) is 0 Å². The van der Waals surface area contributed by atoms with E-state index in [1.54, 1.807) is 29.3 Å². The summed E-state index contributed by atoms with van der Waals surface area (Å²) >= 11 is 0. The average molecular weight is 639 g/mol. The Balaban J connectivity index is 1.27. The fourth-order valence-electron chi connectivity index (χ4n) is 6.04. The molecule has 0 aliphatic carbocycles. The van der Waals surface area contributed by atoms with E-state index in [-0.39, 0.29) is 24.2 Å². The van der Waals surface area contributed by atoms with Crippen LogP contribution in [0.3, 0.4) is 0 Å². The minimum Gasteiger partial charge on any atom is -0.338 e. The van der Waals surface area contributed by atoms with E-state index in [0.717, 1.165) is 42.0 Å². The SMILES string of the molecule is O=C(C(Cc1ccccc1)N(Cc1ccc(-c2ccccn2)cc1)C(=O)C=Cc1ccc(F)cc1)N1CCN(Cc2ccccc2)CC1. The second-order valence-corrected chi connectivity index (χ2v) is 12.1. The normalized spacial score (nSPS) is 14.1. The highest BCUT2D eigenvalue weighted by Crippen LogP contribution is 2.22. The summed E-state index contributed by atoms with van der Waals surface area (Å²) in [5.74, 6) is -0.691. The lowest BCUT2D eigenvalue weighted by Gasteiger charge is -2.39. The third-order valence-corrected chi connectivity index (χ3v) is 8.71. The maximum Gasteiger partial charge on any atom is 0.247 e. The smallest absolute Gasteiger partial charge is 0.247 e. The number of carbonyl (C=O) groups is 2. The third kappa shape index (κ3) is 8.69. The van der Waals surface area contributed by atoms with Crippen LogP contribution in [-0.4, -0.2) is 63.7 Å². The van der Waals surface area contributed by atoms with E-state index in [0.29, 0.717) is 25.1 Å². The van der Waals surface area contributed by atoms with Gasteiger partial charge in [0.25, 0.3) is 0 Å². The Hall–Kier alpha value is -5.40. The molecular formula is C41H39FN4O2. The maximum atomic E-state index is 14.5. The molecule has 0 N–H and O–H groups in total. The Kier molecular flexibility index (Phi) is 10.8. The fraction of sp³-hybridized carbons (Fsp3) is 0.195. The van der Waals surface area contributed by atoms with E-state index in [2.05, 4.69) is 22.0 Å². The van der Waals surface area contributed by atoms with E-state index in [1.165, 1.54) is 23.8 Å². The summed E-state index contributed by atoms with van der Waals surface area (Å²) in [6.07, 6.45) is 5.30. The van der Waals surface area contributed by atoms with Crippen LogP contribution >= 0.6 is 0 Å². The number of nitrogens with zero attached hydrogens (tertiary/aromatic N) is 4. The summed E-state index contributed by atoms with van der Waals surface area (Å²) in [6.45, 7) is 3.76. The zero-order chi connectivity index (χ0) is 33.1. The van der Waals surface area contributed by atoms with Gasteiger partial charge in [-0.05, 0) is 52.6 Å². The summed E-state index contributed by atoms with van der Waals surface area (Å²) in [6, 6.07) is 39.2. The molecule has 1 aliphatic heterocycles. The van der Waals surface area contributed by atoms with Crippen molar-refractivity contribution in [2.45, 2.75) is 25.6 Å². The highest BCUT2D eigenvalue weighted by atomic mass is 19.1. The molecule has 1 saturated heterocycles. The zero-order valence-electron chi connectivity index (χ0n) is 26.9. The van der Waals surface area contributed by atoms with Gasteiger partial charge in [-0.25, -0.2) is 4.39 Å². The molecule has 7 heteroatoms. The molecular weight excluding hydrogens is 599 g/mol. The maximum absolute atomic E-state index is 14.5. The molecule has 0 spiro atoms. The number of hydrogen-bond donors (Lipinski definition) is 0. The number of amides is 2. The fourth-order valence-corrected chi connectivity index (χ4v) is 6.04. The largest absolute Gasteiger partial charge is 0.338 e. The quantitative estimate of drug-likeness (QED) is 0.148. The first kappa shape index (κ1) is 32.5. The number of hydrogen-bond acceptors (Lipinski definition) is 4. The molecule has 242 valence electrons. The number of piperazine rings is 1. The van der Waals surface area contributed by atoms with Crippen LogP contribution in [0.5, 0.6) is 0 Å². The molecule has 1 aromatic heterocycles. The van der Waals surface area contributed by atoms with Crippen LogP contribution in [0.1, 0.15) is 22.3 Å². The van der Waals surface area contributed by atoms with Crippen molar-refractivity contribution in [1.29, 1.82) is 0 Å². The molecule has 2 heterocycles. The first-order valence-corrected chi connectivity index (χ1v) is 16.4. The zero-order valence-corrected chi connectivity index (χ0v) is 26.9. The van der Waals surface area contributed by atoms with Crippen molar-refractivity contribution >= 4 is 17.9 Å². The molecule has 4 aromatic carbocycles. The van der Waals surface area contributed by atoms with Crippen molar-refractivity contribution in [1.82, 2.24) is 19.7 Å². The van der Waals surface area contributed by atoms with E-state index in [4.69, 9.17) is 0 Å². The number of benzene rings is 4. The second-order valence-electron chi connectivity index (χ2n) is 12.1. The van der Waals surface area contributed by atoms with Gasteiger partial charge in [-0.1, -0.05) is 103 Å². The minimum absolute atomic E-state index is 0.0631. The van der Waals surface area contributed by atoms with Gasteiger partial charge < -0.3 is 9.80 Å². The summed E-state index contributed by atoms with van der Waals surface area (Å²) in [4.78, 5) is 39.0. The number of rotatable bonds is 11. The monoisotopic (exact) mass is 638 g/mol. The van der Waals surface area contributed by atoms with E-state index in [1.807, 2.05) is 95.9 Å². The Labute approximate surface area is 281 Å². The predicted molar refractivity (Wildman–Crippen MR) is 188 cm³/mol. The highest BCUT2D eigenvalue weighted by molar-refractivity contribution is 5.95. The number of halogens is 1. The molecule has 0 radical (unpaired) electrons. The molecule has 0 bridgehead atoms. The van der Waals surface area contributed by atoms with Gasteiger partial charge in [0, 0.05) is 63.5 Å². The van der Waals surface area contributed by atoms with Gasteiger partial charge in [0.1, 0.15) is 11.9 Å². The van der Waals surface area contributed by atoms with Crippen molar-refractivity contribution in [2.75, 3.05) is 26.2 Å². The van der Waals surface area contributed by atoms with Crippen LogP contribution in [-0.2, 0) is 29.1 Å². The van der Waals surface area contributed by atoms with Crippen LogP contribution in [0, 0.1) is 5.82 Å². The lowest BCUT2D eigenvalue weighted by atomic mass is 10.0. The van der Waals surface area contributed by atoms with Crippen LogP contribution < -0.4 is 0 Å². The van der Waals surface area contributed by atoms with Crippen LogP contribution in [0.15, 0.2) is 140 Å². The molecule has 1 fully saturated rings. The number of carbonyl (C=O) groups excluding carboxylic acids is 2. The lowest BCUT2D eigenvalue weighted by Crippen LogP contribution is -2.56. The summed E-state index contributed by atoms with van der Waals surface area (Å²) in [7, 11) is 0. The van der Waals surface area contributed by atoms with Crippen LogP contribution in [0.25, 0.3) is 17.3 Å². The Morgan fingerprint density at radius 1 is 0.729 bits per heavy atom. The van der Waals surface area contributed by atoms with Crippen molar-refractivity contribution in [3.05, 3.63) is 168 Å². The minimum atomic E-state index is -0.728. The molecule has 6 nitrogen and oxygen atoms in total. The molecule has 6 rings (SSSR count). The Morgan fingerprint density at radius 3 is 2.02 bits per heavy atom. The molecule has 1 aliphatic rings. The Morgan fingerprint density at radius 2 is 1.38 bits per heavy atom. The first-order valence-electron chi connectivity index (χ1n) is 16.4. The van der Waals surface area contributed by atoms with E-state index in [9.17, 15) is 14.0 Å². The van der Waals surface area contributed by atoms with Crippen molar-refractivity contribution < 1.29 is 14.0 Å². The Bertz CT molecular complexity index is 1790. The molecule has 0 saturated carbocycles. The molecule has 1 atom stereocenters. The molecule has 1 unspecified atom stereocenters. The molecule has 48 heavy (non-hydrogen) atoms. The van der Waals surface area contributed by atoms with E-state index >= 15 is 0 Å². The summed E-state index contributed by atoms with van der Waals surface area (Å²) in [5.41, 5.74) is 5.66. The van der Waals surface area contributed by atoms with E-state index < -0.39 is 6.04 Å². The van der Waals surface area contributed by atoms with Gasteiger partial charge in [-0.3, -0.25) is 19.5 Å². The van der Waals surface area contributed by atoms with Gasteiger partial charge in [0.05, 0.1) is 5.69 Å². The summed E-state index contributed by atoms with van der Waals surface area (Å²) in [5, 5.41) is 0. The number of pyridine rings is 1. The lowest BCUT2D eigenvalue weighted by molar-refractivity contribution is -0.145. The average Bonchev–Trinajstić information content (AvgIpc) is 3.14. The highest BCUT2D eigenvalue weighted by Gasteiger charge is 2.34. The predicted octanol–water partition coefficient (Wildman–Crippen LogP) is 6.89. The molecule has 5 aromatic rings. The van der Waals surface area contributed by atoms with Crippen LogP contribution in [0.4, 0.5) is 4.39 Å². The van der Waals surface area contributed by atoms with Crippen molar-refractivity contribution in [3.63, 3.8) is 0 Å². The van der Waals surface area contributed by atoms with Gasteiger partial charge >= 0.3 is 0 Å². The standard InChI is InChI=1S/C41H39FN4O2/c42-37-21-16-32(17-22-37)18-23-40(47)46(31-35-14-19-36(20-15-35)38-13-7-8-24-43-38)39(29-33-9-3-1-4-10-33)41(48)45-27-25-44(26-28-45)30-34-11-5-2-6-12-34/h1-24,39H,25-31H2. The molecule has 2 amide bonds. The topological polar surface area (TPSA) is 56.8 Å². The van der Waals surface area contributed by atoms with Gasteiger partial charge in [0.15, 0.2) is 0 Å². The van der Waals surface area contributed by atoms with Gasteiger partial charge in [0.2, 0.25) is 11.8 Å².